The summed E-state index contributed by atoms with van der Waals surface area (Å²) in [6.07, 6.45) is 1.98. The van der Waals surface area contributed by atoms with Crippen molar-refractivity contribution in [2.75, 3.05) is 38.0 Å². The highest BCUT2D eigenvalue weighted by Crippen LogP contribution is 2.18. The maximum absolute atomic E-state index is 12.9. The van der Waals surface area contributed by atoms with Gasteiger partial charge in [0, 0.05) is 37.9 Å². The summed E-state index contributed by atoms with van der Waals surface area (Å²) in [5.41, 5.74) is 0.515. The van der Waals surface area contributed by atoms with Gasteiger partial charge in [-0.2, -0.15) is 0 Å². The maximum atomic E-state index is 12.9. The number of halogens is 1. The predicted molar refractivity (Wildman–Crippen MR) is 93.1 cm³/mol. The number of amides is 5. The second-order valence-corrected chi connectivity index (χ2v) is 6.41. The second kappa shape index (κ2) is 8.03. The van der Waals surface area contributed by atoms with Gasteiger partial charge in [-0.3, -0.25) is 4.79 Å². The van der Waals surface area contributed by atoms with Gasteiger partial charge in [0.25, 0.3) is 0 Å². The third kappa shape index (κ3) is 5.08. The molecule has 0 aromatic heterocycles. The van der Waals surface area contributed by atoms with Crippen LogP contribution in [0.1, 0.15) is 12.8 Å². The van der Waals surface area contributed by atoms with Gasteiger partial charge in [0.05, 0.1) is 6.54 Å². The number of benzene rings is 1. The van der Waals surface area contributed by atoms with E-state index in [2.05, 4.69) is 16.0 Å². The van der Waals surface area contributed by atoms with Crippen LogP contribution in [0.2, 0.25) is 0 Å². The number of anilines is 1. The van der Waals surface area contributed by atoms with Crippen LogP contribution < -0.4 is 16.0 Å². The van der Waals surface area contributed by atoms with E-state index in [0.29, 0.717) is 31.9 Å². The van der Waals surface area contributed by atoms with Crippen molar-refractivity contribution < 1.29 is 18.8 Å². The van der Waals surface area contributed by atoms with E-state index in [1.54, 1.807) is 9.80 Å². The summed E-state index contributed by atoms with van der Waals surface area (Å²) in [5, 5.41) is 8.01. The Balaban J connectivity index is 1.38. The minimum atomic E-state index is -0.366. The van der Waals surface area contributed by atoms with E-state index in [4.69, 9.17) is 0 Å². The fourth-order valence-electron chi connectivity index (χ4n) is 2.63. The van der Waals surface area contributed by atoms with Crippen molar-refractivity contribution in [3.8, 4) is 0 Å². The van der Waals surface area contributed by atoms with Crippen LogP contribution in [-0.4, -0.2) is 66.5 Å². The Kier molecular flexibility index (Phi) is 5.55. The molecule has 2 aliphatic rings. The molecule has 3 N–H and O–H groups in total. The molecule has 1 aliphatic heterocycles. The zero-order chi connectivity index (χ0) is 18.5. The number of nitrogens with zero attached hydrogens (tertiary/aromatic N) is 2. The van der Waals surface area contributed by atoms with Gasteiger partial charge in [-0.1, -0.05) is 0 Å². The van der Waals surface area contributed by atoms with E-state index in [9.17, 15) is 18.8 Å². The van der Waals surface area contributed by atoms with E-state index in [-0.39, 0.29) is 36.4 Å². The van der Waals surface area contributed by atoms with Gasteiger partial charge in [-0.15, -0.1) is 0 Å². The molecule has 0 radical (unpaired) electrons. The number of hydrogen-bond acceptors (Lipinski definition) is 3. The van der Waals surface area contributed by atoms with Crippen LogP contribution in [0, 0.1) is 5.82 Å². The zero-order valence-corrected chi connectivity index (χ0v) is 14.3. The number of rotatable bonds is 4. The molecule has 1 heterocycles. The third-order valence-corrected chi connectivity index (χ3v) is 4.33. The molecule has 1 aromatic carbocycles. The lowest BCUT2D eigenvalue weighted by atomic mass is 10.3. The van der Waals surface area contributed by atoms with Crippen LogP contribution >= 0.6 is 0 Å². The summed E-state index contributed by atoms with van der Waals surface area (Å²) in [6.45, 7) is 1.55. The molecule has 26 heavy (non-hydrogen) atoms. The summed E-state index contributed by atoms with van der Waals surface area (Å²) in [4.78, 5) is 39.1. The monoisotopic (exact) mass is 363 g/mol. The molecule has 3 rings (SSSR count). The molecule has 9 heteroatoms. The van der Waals surface area contributed by atoms with Gasteiger partial charge in [0.2, 0.25) is 5.91 Å². The Hall–Kier alpha value is -2.84. The molecule has 1 saturated heterocycles. The van der Waals surface area contributed by atoms with Crippen molar-refractivity contribution in [2.45, 2.75) is 18.9 Å². The highest BCUT2D eigenvalue weighted by atomic mass is 19.1. The van der Waals surface area contributed by atoms with Gasteiger partial charge in [0.15, 0.2) is 0 Å². The molecular formula is C17H22FN5O3. The zero-order valence-electron chi connectivity index (χ0n) is 14.3. The van der Waals surface area contributed by atoms with Crippen molar-refractivity contribution in [3.05, 3.63) is 30.1 Å². The Morgan fingerprint density at radius 1 is 1.00 bits per heavy atom. The van der Waals surface area contributed by atoms with Crippen molar-refractivity contribution in [2.24, 2.45) is 0 Å². The molecule has 140 valence electrons. The van der Waals surface area contributed by atoms with Crippen molar-refractivity contribution in [1.82, 2.24) is 20.4 Å². The molecule has 1 aliphatic carbocycles. The Morgan fingerprint density at radius 3 is 2.23 bits per heavy atom. The van der Waals surface area contributed by atoms with Gasteiger partial charge in [-0.25, -0.2) is 14.0 Å². The van der Waals surface area contributed by atoms with Gasteiger partial charge in [-0.05, 0) is 37.1 Å². The summed E-state index contributed by atoms with van der Waals surface area (Å²) >= 11 is 0. The molecule has 5 amide bonds. The first-order chi connectivity index (χ1) is 12.5. The minimum Gasteiger partial charge on any atom is -0.338 e. The van der Waals surface area contributed by atoms with E-state index >= 15 is 0 Å². The number of urea groups is 2. The highest BCUT2D eigenvalue weighted by Gasteiger charge is 2.26. The van der Waals surface area contributed by atoms with Gasteiger partial charge in [0.1, 0.15) is 5.82 Å². The lowest BCUT2D eigenvalue weighted by molar-refractivity contribution is -0.131. The Bertz CT molecular complexity index is 669. The number of carbonyl (C=O) groups is 3. The van der Waals surface area contributed by atoms with Crippen LogP contribution in [0.5, 0.6) is 0 Å². The fraction of sp³-hybridized carbons (Fsp3) is 0.471. The SMILES string of the molecule is O=C(NCC(=O)N1CCN(C(=O)Nc2ccc(F)cc2)CC1)NC1CC1. The van der Waals surface area contributed by atoms with Crippen LogP contribution in [0.4, 0.5) is 19.7 Å². The maximum Gasteiger partial charge on any atom is 0.321 e. The highest BCUT2D eigenvalue weighted by molar-refractivity contribution is 5.89. The predicted octanol–water partition coefficient (Wildman–Crippen LogP) is 0.963. The molecule has 0 bridgehead atoms. The summed E-state index contributed by atoms with van der Waals surface area (Å²) in [7, 11) is 0. The normalized spacial score (nSPS) is 16.8. The molecule has 1 saturated carbocycles. The number of piperazine rings is 1. The molecule has 0 atom stereocenters. The lowest BCUT2D eigenvalue weighted by Crippen LogP contribution is -2.54. The van der Waals surface area contributed by atoms with Crippen LogP contribution in [0.3, 0.4) is 0 Å². The quantitative estimate of drug-likeness (QED) is 0.744. The van der Waals surface area contributed by atoms with Crippen LogP contribution in [0.15, 0.2) is 24.3 Å². The van der Waals surface area contributed by atoms with E-state index in [1.165, 1.54) is 24.3 Å². The Morgan fingerprint density at radius 2 is 1.62 bits per heavy atom. The lowest BCUT2D eigenvalue weighted by Gasteiger charge is -2.34. The third-order valence-electron chi connectivity index (χ3n) is 4.33. The summed E-state index contributed by atoms with van der Waals surface area (Å²) < 4.78 is 12.9. The van der Waals surface area contributed by atoms with Crippen molar-refractivity contribution in [1.29, 1.82) is 0 Å². The van der Waals surface area contributed by atoms with Crippen molar-refractivity contribution in [3.63, 3.8) is 0 Å². The molecule has 1 aromatic rings. The number of hydrogen-bond donors (Lipinski definition) is 3. The number of nitrogens with one attached hydrogen (secondary N) is 3. The smallest absolute Gasteiger partial charge is 0.321 e. The van der Waals surface area contributed by atoms with E-state index in [0.717, 1.165) is 12.8 Å². The standard InChI is InChI=1S/C17H22FN5O3/c18-12-1-3-14(4-2-12)21-17(26)23-9-7-22(8-10-23)15(24)11-19-16(25)20-13-5-6-13/h1-4,13H,5-11H2,(H,21,26)(H2,19,20,25). The Labute approximate surface area is 150 Å². The average molecular weight is 363 g/mol. The molecule has 0 unspecified atom stereocenters. The summed E-state index contributed by atoms with van der Waals surface area (Å²) in [6, 6.07) is 5.17. The van der Waals surface area contributed by atoms with Crippen molar-refractivity contribution >= 4 is 23.7 Å². The largest absolute Gasteiger partial charge is 0.338 e. The first-order valence-corrected chi connectivity index (χ1v) is 8.65. The molecular weight excluding hydrogens is 341 g/mol. The molecule has 2 fully saturated rings. The van der Waals surface area contributed by atoms with E-state index in [1.807, 2.05) is 0 Å². The summed E-state index contributed by atoms with van der Waals surface area (Å²) in [5.74, 6) is -0.538. The first kappa shape index (κ1) is 18.0. The fourth-order valence-corrected chi connectivity index (χ4v) is 2.63. The molecule has 8 nitrogen and oxygen atoms in total. The van der Waals surface area contributed by atoms with Crippen LogP contribution in [0.25, 0.3) is 0 Å². The average Bonchev–Trinajstić information content (AvgIpc) is 3.45. The topological polar surface area (TPSA) is 93.8 Å². The number of carbonyl (C=O) groups excluding carboxylic acids is 3. The minimum absolute atomic E-state index is 0.0552. The molecule has 0 spiro atoms. The first-order valence-electron chi connectivity index (χ1n) is 8.65. The van der Waals surface area contributed by atoms with Gasteiger partial charge < -0.3 is 25.8 Å². The van der Waals surface area contributed by atoms with Crippen LogP contribution in [-0.2, 0) is 4.79 Å². The van der Waals surface area contributed by atoms with Gasteiger partial charge >= 0.3 is 12.1 Å². The van der Waals surface area contributed by atoms with E-state index < -0.39 is 0 Å². The second-order valence-electron chi connectivity index (χ2n) is 6.41.